The van der Waals surface area contributed by atoms with E-state index in [4.69, 9.17) is 22.6 Å². The third-order valence-electron chi connectivity index (χ3n) is 3.55. The van der Waals surface area contributed by atoms with Gasteiger partial charge in [0.15, 0.2) is 5.82 Å². The highest BCUT2D eigenvalue weighted by molar-refractivity contribution is 6.29. The van der Waals surface area contributed by atoms with E-state index >= 15 is 0 Å². The minimum atomic E-state index is 0.0513. The molecule has 0 radical (unpaired) electrons. The van der Waals surface area contributed by atoms with Crippen LogP contribution in [0.2, 0.25) is 0 Å². The molecule has 1 rings (SSSR count). The van der Waals surface area contributed by atoms with Crippen LogP contribution in [-0.4, -0.2) is 28.9 Å². The summed E-state index contributed by atoms with van der Waals surface area (Å²) in [5.41, 5.74) is 5.75. The molecule has 0 saturated carbocycles. The quantitative estimate of drug-likeness (QED) is 0.787. The minimum Gasteiger partial charge on any atom is -0.349 e. The SMILES string of the molecule is C=Cn1nc(N(CCN)C(CC)CC#N)c(=C)/c1=C\C=C(/C)Cl. The van der Waals surface area contributed by atoms with Crippen LogP contribution in [0, 0.1) is 11.3 Å². The predicted octanol–water partition coefficient (Wildman–Crippen LogP) is 1.77. The van der Waals surface area contributed by atoms with E-state index in [0.29, 0.717) is 24.5 Å². The third kappa shape index (κ3) is 4.72. The highest BCUT2D eigenvalue weighted by Gasteiger charge is 2.20. The zero-order chi connectivity index (χ0) is 17.4. The average molecular weight is 334 g/mol. The molecule has 1 unspecified atom stereocenters. The van der Waals surface area contributed by atoms with Gasteiger partial charge in [-0.3, -0.25) is 0 Å². The van der Waals surface area contributed by atoms with Gasteiger partial charge in [0.1, 0.15) is 0 Å². The van der Waals surface area contributed by atoms with Gasteiger partial charge in [-0.25, -0.2) is 4.68 Å². The Morgan fingerprint density at radius 3 is 2.78 bits per heavy atom. The number of hydrogen-bond acceptors (Lipinski definition) is 4. The molecule has 0 amide bonds. The molecule has 1 atom stereocenters. The third-order valence-corrected chi connectivity index (χ3v) is 3.68. The van der Waals surface area contributed by atoms with Crippen molar-refractivity contribution in [2.45, 2.75) is 32.7 Å². The zero-order valence-electron chi connectivity index (χ0n) is 13.8. The number of rotatable bonds is 8. The summed E-state index contributed by atoms with van der Waals surface area (Å²) in [5.74, 6) is 0.726. The molecular formula is C17H24ClN5. The standard InChI is InChI=1S/C17H24ClN5/c1-5-15(9-10-19)22(12-11-20)17-14(4)16(8-7-13(3)18)23(6-2)21-17/h6-8,15H,2,4-5,9,11-12,20H2,1,3H3/b13-7+,16-8+. The molecule has 0 fully saturated rings. The first-order chi connectivity index (χ1) is 11.0. The Hall–Kier alpha value is -2.03. The molecule has 0 aliphatic rings. The van der Waals surface area contributed by atoms with Gasteiger partial charge in [-0.2, -0.15) is 5.26 Å². The van der Waals surface area contributed by atoms with Crippen LogP contribution in [0.3, 0.4) is 0 Å². The Bertz CT molecular complexity index is 707. The van der Waals surface area contributed by atoms with Crippen molar-refractivity contribution in [3.8, 4) is 6.07 Å². The lowest BCUT2D eigenvalue weighted by atomic mass is 10.1. The van der Waals surface area contributed by atoms with Crippen molar-refractivity contribution in [3.05, 3.63) is 28.3 Å². The Labute approximate surface area is 142 Å². The number of aromatic nitrogens is 2. The lowest BCUT2D eigenvalue weighted by Crippen LogP contribution is -2.42. The van der Waals surface area contributed by atoms with Gasteiger partial charge in [0.2, 0.25) is 0 Å². The molecule has 1 aromatic heterocycles. The van der Waals surface area contributed by atoms with E-state index in [-0.39, 0.29) is 6.04 Å². The monoisotopic (exact) mass is 333 g/mol. The van der Waals surface area contributed by atoms with Crippen LogP contribution in [0.15, 0.2) is 17.7 Å². The van der Waals surface area contributed by atoms with Gasteiger partial charge in [-0.15, -0.1) is 5.10 Å². The minimum absolute atomic E-state index is 0.0513. The maximum absolute atomic E-state index is 9.06. The van der Waals surface area contributed by atoms with Crippen molar-refractivity contribution in [1.82, 2.24) is 9.78 Å². The summed E-state index contributed by atoms with van der Waals surface area (Å²) in [4.78, 5) is 2.06. The van der Waals surface area contributed by atoms with E-state index in [0.717, 1.165) is 22.8 Å². The Morgan fingerprint density at radius 1 is 1.61 bits per heavy atom. The second kappa shape index (κ2) is 9.19. The van der Waals surface area contributed by atoms with Crippen LogP contribution in [0.5, 0.6) is 0 Å². The summed E-state index contributed by atoms with van der Waals surface area (Å²) in [6.45, 7) is 12.9. The largest absolute Gasteiger partial charge is 0.349 e. The number of anilines is 1. The van der Waals surface area contributed by atoms with E-state index in [1.807, 2.05) is 13.0 Å². The molecule has 5 nitrogen and oxygen atoms in total. The lowest BCUT2D eigenvalue weighted by molar-refractivity contribution is 0.576. The molecule has 124 valence electrons. The normalized spacial score (nSPS) is 13.7. The first-order valence-electron chi connectivity index (χ1n) is 7.57. The fourth-order valence-corrected chi connectivity index (χ4v) is 2.45. The molecule has 23 heavy (non-hydrogen) atoms. The van der Waals surface area contributed by atoms with Crippen molar-refractivity contribution in [1.29, 1.82) is 5.26 Å². The van der Waals surface area contributed by atoms with Crippen molar-refractivity contribution in [2.24, 2.45) is 5.73 Å². The number of halogens is 1. The van der Waals surface area contributed by atoms with Crippen LogP contribution in [0.1, 0.15) is 26.7 Å². The van der Waals surface area contributed by atoms with Gasteiger partial charge in [-0.1, -0.05) is 31.7 Å². The second-order valence-electron chi connectivity index (χ2n) is 5.14. The molecule has 1 heterocycles. The molecule has 0 saturated heterocycles. The summed E-state index contributed by atoms with van der Waals surface area (Å²) in [6.07, 6.45) is 6.50. The van der Waals surface area contributed by atoms with Crippen LogP contribution in [0.4, 0.5) is 5.82 Å². The number of allylic oxidation sites excluding steroid dienone is 2. The molecule has 2 N–H and O–H groups in total. The second-order valence-corrected chi connectivity index (χ2v) is 5.74. The average Bonchev–Trinajstić information content (AvgIpc) is 2.84. The van der Waals surface area contributed by atoms with Gasteiger partial charge in [-0.05, 0) is 25.5 Å². The summed E-state index contributed by atoms with van der Waals surface area (Å²) in [7, 11) is 0. The van der Waals surface area contributed by atoms with E-state index in [2.05, 4.69) is 29.2 Å². The van der Waals surface area contributed by atoms with Gasteiger partial charge in [0, 0.05) is 35.6 Å². The molecule has 6 heteroatoms. The molecule has 0 bridgehead atoms. The summed E-state index contributed by atoms with van der Waals surface area (Å²) in [6, 6.07) is 2.28. The first kappa shape index (κ1) is 19.0. The maximum atomic E-state index is 9.06. The predicted molar refractivity (Wildman–Crippen MR) is 98.2 cm³/mol. The summed E-state index contributed by atoms with van der Waals surface area (Å²) >= 11 is 5.90. The smallest absolute Gasteiger partial charge is 0.158 e. The van der Waals surface area contributed by atoms with Crippen LogP contribution in [-0.2, 0) is 0 Å². The van der Waals surface area contributed by atoms with E-state index in [9.17, 15) is 0 Å². The van der Waals surface area contributed by atoms with Crippen LogP contribution in [0.25, 0.3) is 18.9 Å². The Balaban J connectivity index is 3.48. The topological polar surface area (TPSA) is 70.9 Å². The molecule has 0 aliphatic heterocycles. The van der Waals surface area contributed by atoms with Crippen molar-refractivity contribution < 1.29 is 0 Å². The van der Waals surface area contributed by atoms with Crippen molar-refractivity contribution >= 4 is 36.3 Å². The molecule has 0 aromatic carbocycles. The van der Waals surface area contributed by atoms with Gasteiger partial charge in [0.25, 0.3) is 0 Å². The van der Waals surface area contributed by atoms with E-state index < -0.39 is 0 Å². The van der Waals surface area contributed by atoms with E-state index in [1.54, 1.807) is 23.9 Å². The zero-order valence-corrected chi connectivity index (χ0v) is 14.6. The van der Waals surface area contributed by atoms with Gasteiger partial charge in [0.05, 0.1) is 17.8 Å². The fourth-order valence-electron chi connectivity index (χ4n) is 2.39. The maximum Gasteiger partial charge on any atom is 0.158 e. The fraction of sp³-hybridized carbons (Fsp3) is 0.412. The summed E-state index contributed by atoms with van der Waals surface area (Å²) < 4.78 is 1.66. The molecule has 1 aromatic rings. The van der Waals surface area contributed by atoms with E-state index in [1.165, 1.54) is 0 Å². The number of nitrogens with two attached hydrogens (primary N) is 1. The molecular weight excluding hydrogens is 310 g/mol. The summed E-state index contributed by atoms with van der Waals surface area (Å²) in [5, 5.41) is 15.9. The Kier molecular flexibility index (Phi) is 7.60. The molecule has 0 spiro atoms. The highest BCUT2D eigenvalue weighted by atomic mass is 35.5. The van der Waals surface area contributed by atoms with Crippen molar-refractivity contribution in [2.75, 3.05) is 18.0 Å². The van der Waals surface area contributed by atoms with Gasteiger partial charge >= 0.3 is 0 Å². The number of nitriles is 1. The van der Waals surface area contributed by atoms with Gasteiger partial charge < -0.3 is 10.6 Å². The number of hydrogen-bond donors (Lipinski definition) is 1. The highest BCUT2D eigenvalue weighted by Crippen LogP contribution is 2.13. The first-order valence-corrected chi connectivity index (χ1v) is 7.95. The van der Waals surface area contributed by atoms with Crippen LogP contribution >= 0.6 is 11.6 Å². The molecule has 0 aliphatic carbocycles. The number of nitrogens with zero attached hydrogens (tertiary/aromatic N) is 4. The van der Waals surface area contributed by atoms with Crippen LogP contribution < -0.4 is 21.2 Å². The Morgan fingerprint density at radius 2 is 2.30 bits per heavy atom. The lowest BCUT2D eigenvalue weighted by Gasteiger charge is -2.29. The van der Waals surface area contributed by atoms with Crippen molar-refractivity contribution in [3.63, 3.8) is 0 Å².